The number of nitrogens with zero attached hydrogens (tertiary/aromatic N) is 4. The third-order valence-corrected chi connectivity index (χ3v) is 6.77. The van der Waals surface area contributed by atoms with E-state index in [0.29, 0.717) is 27.1 Å². The third-order valence-electron chi connectivity index (χ3n) is 5.46. The molecule has 0 bridgehead atoms. The van der Waals surface area contributed by atoms with Crippen molar-refractivity contribution in [2.24, 2.45) is 0 Å². The lowest BCUT2D eigenvalue weighted by molar-refractivity contribution is 0.396. The normalized spacial score (nSPS) is 14.7. The number of methoxy groups -OCH3 is 1. The van der Waals surface area contributed by atoms with Gasteiger partial charge in [0, 0.05) is 35.4 Å². The monoisotopic (exact) mass is 486 g/mol. The summed E-state index contributed by atoms with van der Waals surface area (Å²) < 4.78 is 5.32. The smallest absolute Gasteiger partial charge is 0.233 e. The summed E-state index contributed by atoms with van der Waals surface area (Å²) in [4.78, 5) is 17.3. The van der Waals surface area contributed by atoms with Gasteiger partial charge >= 0.3 is 0 Å². The van der Waals surface area contributed by atoms with Crippen LogP contribution in [0.1, 0.15) is 31.2 Å². The van der Waals surface area contributed by atoms with Crippen molar-refractivity contribution < 1.29 is 4.74 Å². The fraction of sp³-hybridized carbons (Fsp3) is 0.318. The number of rotatable bonds is 7. The molecular formula is C22H23ClN6OS2. The minimum absolute atomic E-state index is 0.0389. The second kappa shape index (κ2) is 10.4. The summed E-state index contributed by atoms with van der Waals surface area (Å²) in [6, 6.07) is 11.6. The summed E-state index contributed by atoms with van der Waals surface area (Å²) in [6.45, 7) is 0.726. The highest BCUT2D eigenvalue weighted by atomic mass is 35.5. The number of hydrogen-bond acceptors (Lipinski definition) is 7. The molecule has 2 aromatic heterocycles. The topological polar surface area (TPSA) is 84.9 Å². The van der Waals surface area contributed by atoms with Gasteiger partial charge in [0.05, 0.1) is 7.11 Å². The van der Waals surface area contributed by atoms with Gasteiger partial charge in [-0.1, -0.05) is 36.6 Å². The second-order valence-corrected chi connectivity index (χ2v) is 9.34. The molecule has 7 nitrogen and oxygen atoms in total. The molecule has 1 fully saturated rings. The van der Waals surface area contributed by atoms with Gasteiger partial charge in [-0.2, -0.15) is 4.98 Å². The first-order chi connectivity index (χ1) is 15.6. The molecule has 0 unspecified atom stereocenters. The van der Waals surface area contributed by atoms with Gasteiger partial charge in [-0.25, -0.2) is 15.0 Å². The molecule has 0 spiro atoms. The Kier molecular flexibility index (Phi) is 7.39. The summed E-state index contributed by atoms with van der Waals surface area (Å²) in [5.74, 6) is 0.782. The lowest BCUT2D eigenvalue weighted by atomic mass is 9.79. The molecule has 0 atom stereocenters. The van der Waals surface area contributed by atoms with Crippen LogP contribution in [0.25, 0.3) is 0 Å². The number of hydrogen-bond donors (Lipinski definition) is 2. The molecule has 3 aromatic rings. The van der Waals surface area contributed by atoms with Crippen LogP contribution in [-0.2, 0) is 5.41 Å². The molecule has 1 aliphatic carbocycles. The Bertz CT molecular complexity index is 1060. The predicted molar refractivity (Wildman–Crippen MR) is 131 cm³/mol. The van der Waals surface area contributed by atoms with Crippen LogP contribution in [0.2, 0.25) is 5.02 Å². The second-order valence-electron chi connectivity index (χ2n) is 7.51. The van der Waals surface area contributed by atoms with Crippen LogP contribution in [0.4, 0.5) is 5.95 Å². The van der Waals surface area contributed by atoms with Crippen LogP contribution < -0.4 is 15.4 Å². The Morgan fingerprint density at radius 3 is 2.56 bits per heavy atom. The standard InChI is InChI=1S/C22H23ClN6OS2/c1-30-17-13-18(32-21-24-11-4-12-25-21)28-19(27-17)29-20(31)26-14-22(9-2-3-10-22)15-5-7-16(23)8-6-15/h4-8,11-13H,2-3,9-10,14H2,1H3,(H2,26,27,28,29,31). The fourth-order valence-electron chi connectivity index (χ4n) is 3.87. The lowest BCUT2D eigenvalue weighted by Gasteiger charge is -2.30. The van der Waals surface area contributed by atoms with Gasteiger partial charge in [-0.15, -0.1) is 0 Å². The molecule has 2 N–H and O–H groups in total. The Balaban J connectivity index is 1.44. The molecule has 0 saturated heterocycles. The average molecular weight is 487 g/mol. The minimum Gasteiger partial charge on any atom is -0.481 e. The summed E-state index contributed by atoms with van der Waals surface area (Å²) in [5.41, 5.74) is 1.32. The average Bonchev–Trinajstić information content (AvgIpc) is 3.29. The number of benzene rings is 1. The number of nitrogens with one attached hydrogen (secondary N) is 2. The van der Waals surface area contributed by atoms with Crippen molar-refractivity contribution in [3.63, 3.8) is 0 Å². The Morgan fingerprint density at radius 1 is 1.16 bits per heavy atom. The molecule has 1 aliphatic rings. The fourth-order valence-corrected chi connectivity index (χ4v) is 4.86. The Labute approximate surface area is 201 Å². The first kappa shape index (κ1) is 22.7. The van der Waals surface area contributed by atoms with Crippen molar-refractivity contribution in [1.29, 1.82) is 0 Å². The minimum atomic E-state index is 0.0389. The van der Waals surface area contributed by atoms with Crippen LogP contribution in [0, 0.1) is 0 Å². The number of ether oxygens (including phenoxy) is 1. The molecule has 2 heterocycles. The summed E-state index contributed by atoms with van der Waals surface area (Å²) in [7, 11) is 1.56. The Morgan fingerprint density at radius 2 is 1.88 bits per heavy atom. The molecule has 1 aromatic carbocycles. The van der Waals surface area contributed by atoms with E-state index in [1.807, 2.05) is 12.1 Å². The van der Waals surface area contributed by atoms with E-state index in [2.05, 4.69) is 42.7 Å². The van der Waals surface area contributed by atoms with E-state index in [-0.39, 0.29) is 5.41 Å². The molecule has 0 aliphatic heterocycles. The zero-order valence-electron chi connectivity index (χ0n) is 17.5. The van der Waals surface area contributed by atoms with Crippen molar-refractivity contribution >= 4 is 46.6 Å². The molecule has 10 heteroatoms. The first-order valence-corrected chi connectivity index (χ1v) is 11.9. The highest BCUT2D eigenvalue weighted by Crippen LogP contribution is 2.41. The molecule has 166 valence electrons. The maximum Gasteiger partial charge on any atom is 0.233 e. The summed E-state index contributed by atoms with van der Waals surface area (Å²) in [5, 5.41) is 8.91. The van der Waals surface area contributed by atoms with Crippen molar-refractivity contribution in [2.45, 2.75) is 41.3 Å². The van der Waals surface area contributed by atoms with Gasteiger partial charge in [-0.3, -0.25) is 0 Å². The van der Waals surface area contributed by atoms with Gasteiger partial charge in [0.15, 0.2) is 10.3 Å². The quantitative estimate of drug-likeness (QED) is 0.275. The molecule has 0 radical (unpaired) electrons. The zero-order valence-corrected chi connectivity index (χ0v) is 19.9. The molecule has 1 saturated carbocycles. The van der Waals surface area contributed by atoms with Gasteiger partial charge in [0.2, 0.25) is 11.8 Å². The van der Waals surface area contributed by atoms with E-state index in [4.69, 9.17) is 28.6 Å². The Hall–Kier alpha value is -2.49. The van der Waals surface area contributed by atoms with Crippen molar-refractivity contribution in [3.8, 4) is 5.88 Å². The van der Waals surface area contributed by atoms with Gasteiger partial charge in [0.25, 0.3) is 0 Å². The van der Waals surface area contributed by atoms with Crippen LogP contribution in [0.3, 0.4) is 0 Å². The maximum atomic E-state index is 6.09. The van der Waals surface area contributed by atoms with E-state index in [1.165, 1.54) is 30.2 Å². The van der Waals surface area contributed by atoms with Crippen LogP contribution in [0.5, 0.6) is 5.88 Å². The summed E-state index contributed by atoms with van der Waals surface area (Å²) in [6.07, 6.45) is 7.99. The summed E-state index contributed by atoms with van der Waals surface area (Å²) >= 11 is 13.0. The van der Waals surface area contributed by atoms with Gasteiger partial charge in [-0.05, 0) is 60.6 Å². The molecular weight excluding hydrogens is 464 g/mol. The predicted octanol–water partition coefficient (Wildman–Crippen LogP) is 4.88. The number of anilines is 1. The number of halogens is 1. The van der Waals surface area contributed by atoms with Crippen molar-refractivity contribution in [1.82, 2.24) is 25.3 Å². The van der Waals surface area contributed by atoms with Crippen LogP contribution >= 0.6 is 35.6 Å². The highest BCUT2D eigenvalue weighted by molar-refractivity contribution is 7.99. The van der Waals surface area contributed by atoms with E-state index < -0.39 is 0 Å². The van der Waals surface area contributed by atoms with E-state index >= 15 is 0 Å². The van der Waals surface area contributed by atoms with E-state index in [1.54, 1.807) is 31.6 Å². The van der Waals surface area contributed by atoms with Crippen molar-refractivity contribution in [2.75, 3.05) is 19.0 Å². The number of aromatic nitrogens is 4. The molecule has 32 heavy (non-hydrogen) atoms. The third kappa shape index (κ3) is 5.65. The number of thiocarbonyl (C=S) groups is 1. The molecule has 0 amide bonds. The first-order valence-electron chi connectivity index (χ1n) is 10.3. The van der Waals surface area contributed by atoms with Gasteiger partial charge < -0.3 is 15.4 Å². The largest absolute Gasteiger partial charge is 0.481 e. The maximum absolute atomic E-state index is 6.09. The molecule has 4 rings (SSSR count). The van der Waals surface area contributed by atoms with Crippen molar-refractivity contribution in [3.05, 3.63) is 59.4 Å². The van der Waals surface area contributed by atoms with Crippen LogP contribution in [-0.4, -0.2) is 38.7 Å². The van der Waals surface area contributed by atoms with E-state index in [9.17, 15) is 0 Å². The zero-order chi connectivity index (χ0) is 22.4. The highest BCUT2D eigenvalue weighted by Gasteiger charge is 2.35. The SMILES string of the molecule is COc1cc(Sc2ncccn2)nc(NC(=S)NCC2(c3ccc(Cl)cc3)CCCC2)n1. The lowest BCUT2D eigenvalue weighted by Crippen LogP contribution is -2.41. The van der Waals surface area contributed by atoms with Gasteiger partial charge in [0.1, 0.15) is 5.03 Å². The van der Waals surface area contributed by atoms with Crippen LogP contribution in [0.15, 0.2) is 59.0 Å². The van der Waals surface area contributed by atoms with E-state index in [0.717, 1.165) is 24.4 Å².